The summed E-state index contributed by atoms with van der Waals surface area (Å²) in [4.78, 5) is 14.7. The van der Waals surface area contributed by atoms with Gasteiger partial charge in [-0.1, -0.05) is 0 Å². The van der Waals surface area contributed by atoms with Crippen molar-refractivity contribution in [3.8, 4) is 5.75 Å². The van der Waals surface area contributed by atoms with Gasteiger partial charge in [-0.15, -0.1) is 13.2 Å². The maximum absolute atomic E-state index is 12.2. The predicted octanol–water partition coefficient (Wildman–Crippen LogP) is 0.737. The number of anilines is 1. The van der Waals surface area contributed by atoms with E-state index in [1.165, 1.54) is 0 Å². The van der Waals surface area contributed by atoms with Gasteiger partial charge in [0, 0.05) is 17.7 Å². The highest BCUT2D eigenvalue weighted by molar-refractivity contribution is 5.75. The molecule has 0 unspecified atom stereocenters. The Kier molecular flexibility index (Phi) is 4.54. The molecule has 1 rings (SSSR count). The molecule has 19 heavy (non-hydrogen) atoms. The van der Waals surface area contributed by atoms with Crippen LogP contribution in [0.1, 0.15) is 11.1 Å². The minimum absolute atomic E-state index is 0.0322. The maximum atomic E-state index is 12.2. The number of nitrogen functional groups attached to an aromatic ring is 1. The molecule has 0 saturated carbocycles. The van der Waals surface area contributed by atoms with Crippen LogP contribution in [-0.4, -0.2) is 24.4 Å². The first-order chi connectivity index (χ1) is 8.78. The molecule has 0 fully saturated rings. The van der Waals surface area contributed by atoms with Gasteiger partial charge in [-0.25, -0.2) is 4.98 Å². The zero-order chi connectivity index (χ0) is 14.6. The molecule has 4 N–H and O–H groups in total. The van der Waals surface area contributed by atoms with E-state index in [0.29, 0.717) is 0 Å². The van der Waals surface area contributed by atoms with E-state index < -0.39 is 18.1 Å². The summed E-state index contributed by atoms with van der Waals surface area (Å²) < 4.78 is 44.8. The molecule has 1 heterocycles. The predicted molar refractivity (Wildman–Crippen MR) is 58.9 cm³/mol. The minimum atomic E-state index is -4.88. The second-order valence-corrected chi connectivity index (χ2v) is 3.47. The van der Waals surface area contributed by atoms with Gasteiger partial charge in [0.1, 0.15) is 5.82 Å². The average molecular weight is 279 g/mol. The fourth-order valence-corrected chi connectivity index (χ4v) is 1.44. The number of halogens is 3. The number of carbonyl (C=O) groups is 1. The van der Waals surface area contributed by atoms with Crippen molar-refractivity contribution in [3.05, 3.63) is 17.3 Å². The van der Waals surface area contributed by atoms with E-state index in [9.17, 15) is 18.0 Å². The van der Waals surface area contributed by atoms with E-state index >= 15 is 0 Å². The number of nitrogens with two attached hydrogens (primary N) is 2. The lowest BCUT2D eigenvalue weighted by atomic mass is 10.1. The summed E-state index contributed by atoms with van der Waals surface area (Å²) in [6.07, 6.45) is -4.41. The quantitative estimate of drug-likeness (QED) is 0.788. The van der Waals surface area contributed by atoms with Crippen molar-refractivity contribution in [2.24, 2.45) is 5.73 Å². The Hall–Kier alpha value is -2.03. The topological polar surface area (TPSA) is 100 Å². The van der Waals surface area contributed by atoms with E-state index in [2.05, 4.69) is 14.5 Å². The van der Waals surface area contributed by atoms with E-state index in [1.807, 2.05) is 0 Å². The SMILES string of the molecule is COC(=O)Cc1c(N)ncc(OC(F)(F)F)c1CN. The van der Waals surface area contributed by atoms with Crippen molar-refractivity contribution < 1.29 is 27.4 Å². The number of carbonyl (C=O) groups excluding carboxylic acids is 1. The third kappa shape index (κ3) is 3.98. The van der Waals surface area contributed by atoms with Crippen LogP contribution < -0.4 is 16.2 Å². The number of pyridine rings is 1. The fourth-order valence-electron chi connectivity index (χ4n) is 1.44. The van der Waals surface area contributed by atoms with Gasteiger partial charge in [-0.05, 0) is 0 Å². The second-order valence-electron chi connectivity index (χ2n) is 3.47. The Morgan fingerprint density at radius 1 is 1.42 bits per heavy atom. The number of rotatable bonds is 4. The highest BCUT2D eigenvalue weighted by atomic mass is 19.4. The van der Waals surface area contributed by atoms with Crippen LogP contribution in [0.3, 0.4) is 0 Å². The summed E-state index contributed by atoms with van der Waals surface area (Å²) >= 11 is 0. The lowest BCUT2D eigenvalue weighted by Crippen LogP contribution is -2.21. The largest absolute Gasteiger partial charge is 0.573 e. The standard InChI is InChI=1S/C10H12F3N3O3/c1-18-8(17)2-5-6(3-14)7(4-16-9(5)15)19-10(11,12)13/h4H,2-3,14H2,1H3,(H2,15,16). The zero-order valence-corrected chi connectivity index (χ0v) is 9.95. The van der Waals surface area contributed by atoms with Gasteiger partial charge in [-0.2, -0.15) is 0 Å². The van der Waals surface area contributed by atoms with Crippen LogP contribution in [0.2, 0.25) is 0 Å². The summed E-state index contributed by atoms with van der Waals surface area (Å²) in [6.45, 7) is -0.287. The summed E-state index contributed by atoms with van der Waals surface area (Å²) in [5.74, 6) is -1.35. The first-order valence-corrected chi connectivity index (χ1v) is 5.07. The fraction of sp³-hybridized carbons (Fsp3) is 0.400. The van der Waals surface area contributed by atoms with Gasteiger partial charge in [0.05, 0.1) is 19.7 Å². The van der Waals surface area contributed by atoms with Gasteiger partial charge in [0.2, 0.25) is 0 Å². The Labute approximate surface area is 106 Å². The molecule has 106 valence electrons. The highest BCUT2D eigenvalue weighted by Crippen LogP contribution is 2.30. The Balaban J connectivity index is 3.21. The van der Waals surface area contributed by atoms with Crippen LogP contribution in [0.5, 0.6) is 5.75 Å². The molecule has 0 bridgehead atoms. The zero-order valence-electron chi connectivity index (χ0n) is 9.95. The third-order valence-electron chi connectivity index (χ3n) is 2.27. The molecule has 0 radical (unpaired) electrons. The van der Waals surface area contributed by atoms with Crippen LogP contribution in [0, 0.1) is 0 Å². The van der Waals surface area contributed by atoms with Gasteiger partial charge < -0.3 is 20.9 Å². The molecule has 0 atom stereocenters. The van der Waals surface area contributed by atoms with Gasteiger partial charge in [0.15, 0.2) is 5.75 Å². The molecule has 0 amide bonds. The number of ether oxygens (including phenoxy) is 2. The number of esters is 1. The molecule has 0 aliphatic heterocycles. The van der Waals surface area contributed by atoms with Gasteiger partial charge >= 0.3 is 12.3 Å². The first-order valence-electron chi connectivity index (χ1n) is 5.07. The lowest BCUT2D eigenvalue weighted by molar-refractivity contribution is -0.275. The Morgan fingerprint density at radius 2 is 2.05 bits per heavy atom. The molecule has 6 nitrogen and oxygen atoms in total. The van der Waals surface area contributed by atoms with Crippen LogP contribution in [0.25, 0.3) is 0 Å². The molecule has 0 aromatic carbocycles. The Bertz CT molecular complexity index is 477. The van der Waals surface area contributed by atoms with Crippen LogP contribution in [0.4, 0.5) is 19.0 Å². The summed E-state index contributed by atoms with van der Waals surface area (Å²) in [7, 11) is 1.14. The molecular weight excluding hydrogens is 267 g/mol. The number of alkyl halides is 3. The number of aromatic nitrogens is 1. The van der Waals surface area contributed by atoms with E-state index in [4.69, 9.17) is 11.5 Å². The van der Waals surface area contributed by atoms with Crippen molar-refractivity contribution in [2.45, 2.75) is 19.3 Å². The minimum Gasteiger partial charge on any atom is -0.469 e. The molecule has 0 spiro atoms. The third-order valence-corrected chi connectivity index (χ3v) is 2.27. The van der Waals surface area contributed by atoms with Crippen molar-refractivity contribution >= 4 is 11.8 Å². The van der Waals surface area contributed by atoms with Crippen molar-refractivity contribution in [1.29, 1.82) is 0 Å². The smallest absolute Gasteiger partial charge is 0.469 e. The van der Waals surface area contributed by atoms with Crippen LogP contribution >= 0.6 is 0 Å². The van der Waals surface area contributed by atoms with E-state index in [-0.39, 0.29) is 29.9 Å². The van der Waals surface area contributed by atoms with Crippen molar-refractivity contribution in [1.82, 2.24) is 4.98 Å². The number of nitrogens with zero attached hydrogens (tertiary/aromatic N) is 1. The monoisotopic (exact) mass is 279 g/mol. The van der Waals surface area contributed by atoms with Crippen molar-refractivity contribution in [2.75, 3.05) is 12.8 Å². The first kappa shape index (κ1) is 15.0. The highest BCUT2D eigenvalue weighted by Gasteiger charge is 2.33. The molecule has 0 aliphatic carbocycles. The summed E-state index contributed by atoms with van der Waals surface area (Å²) in [5.41, 5.74) is 10.9. The lowest BCUT2D eigenvalue weighted by Gasteiger charge is -2.16. The Morgan fingerprint density at radius 3 is 2.53 bits per heavy atom. The number of hydrogen-bond donors (Lipinski definition) is 2. The molecule has 1 aromatic rings. The van der Waals surface area contributed by atoms with E-state index in [0.717, 1.165) is 13.3 Å². The van der Waals surface area contributed by atoms with Crippen LogP contribution in [-0.2, 0) is 22.5 Å². The molecule has 1 aromatic heterocycles. The van der Waals surface area contributed by atoms with Crippen LogP contribution in [0.15, 0.2) is 6.20 Å². The number of hydrogen-bond acceptors (Lipinski definition) is 6. The molecule has 0 aliphatic rings. The average Bonchev–Trinajstić information content (AvgIpc) is 2.31. The van der Waals surface area contributed by atoms with Gasteiger partial charge in [-0.3, -0.25) is 4.79 Å². The summed E-state index contributed by atoms with van der Waals surface area (Å²) in [6, 6.07) is 0. The second kappa shape index (κ2) is 5.74. The summed E-state index contributed by atoms with van der Waals surface area (Å²) in [5, 5.41) is 0. The van der Waals surface area contributed by atoms with Gasteiger partial charge in [0.25, 0.3) is 0 Å². The normalized spacial score (nSPS) is 11.2. The van der Waals surface area contributed by atoms with E-state index in [1.54, 1.807) is 0 Å². The number of methoxy groups -OCH3 is 1. The molecule has 9 heteroatoms. The maximum Gasteiger partial charge on any atom is 0.573 e. The molecule has 0 saturated heterocycles. The van der Waals surface area contributed by atoms with Crippen molar-refractivity contribution in [3.63, 3.8) is 0 Å². The molecular formula is C10H12F3N3O3.